The van der Waals surface area contributed by atoms with Gasteiger partial charge >= 0.3 is 0 Å². The fourth-order valence-electron chi connectivity index (χ4n) is 2.66. The van der Waals surface area contributed by atoms with Crippen LogP contribution in [0.5, 0.6) is 0 Å². The van der Waals surface area contributed by atoms with Crippen molar-refractivity contribution in [1.29, 1.82) is 0 Å². The average molecular weight is 327 g/mol. The summed E-state index contributed by atoms with van der Waals surface area (Å²) in [4.78, 5) is 2.82. The normalized spacial score (nSPS) is 12.7. The first-order valence-electron chi connectivity index (χ1n) is 7.40. The van der Waals surface area contributed by atoms with Crippen LogP contribution in [0, 0.1) is 0 Å². The molecule has 0 nitrogen and oxygen atoms in total. The molecular formula is C20H19ClS. The highest BCUT2D eigenvalue weighted by Crippen LogP contribution is 2.55. The van der Waals surface area contributed by atoms with Crippen molar-refractivity contribution in [2.75, 3.05) is 0 Å². The average Bonchev–Trinajstić information content (AvgIpc) is 2.57. The molecule has 0 aromatic heterocycles. The number of rotatable bonds is 4. The Labute approximate surface area is 140 Å². The Hall–Kier alpha value is -1.70. The zero-order valence-electron chi connectivity index (χ0n) is 12.5. The molecular weight excluding hydrogens is 308 g/mol. The molecule has 3 aromatic rings. The summed E-state index contributed by atoms with van der Waals surface area (Å²) in [6, 6.07) is 29.9. The summed E-state index contributed by atoms with van der Waals surface area (Å²) in [5.74, 6) is 0. The lowest BCUT2D eigenvalue weighted by Gasteiger charge is -2.30. The highest BCUT2D eigenvalue weighted by atomic mass is 35.5. The van der Waals surface area contributed by atoms with E-state index in [9.17, 15) is 0 Å². The van der Waals surface area contributed by atoms with E-state index in [1.807, 2.05) is 12.1 Å². The van der Waals surface area contributed by atoms with Gasteiger partial charge in [-0.2, -0.15) is 10.9 Å². The van der Waals surface area contributed by atoms with Crippen molar-refractivity contribution in [3.63, 3.8) is 0 Å². The van der Waals surface area contributed by atoms with Crippen LogP contribution >= 0.6 is 22.5 Å². The van der Waals surface area contributed by atoms with Gasteiger partial charge in [0.15, 0.2) is 0 Å². The molecule has 0 amide bonds. The fraction of sp³-hybridized carbons (Fsp3) is 0.100. The lowest BCUT2D eigenvalue weighted by atomic mass is 10.2. The van der Waals surface area contributed by atoms with Crippen LogP contribution < -0.4 is 0 Å². The molecule has 2 heteroatoms. The highest BCUT2D eigenvalue weighted by Gasteiger charge is 2.18. The number of halogens is 1. The maximum Gasteiger partial charge on any atom is 0.0406 e. The summed E-state index contributed by atoms with van der Waals surface area (Å²) in [5, 5.41) is 1.23. The lowest BCUT2D eigenvalue weighted by Crippen LogP contribution is -1.97. The van der Waals surface area contributed by atoms with Gasteiger partial charge in [-0.05, 0) is 51.8 Å². The quantitative estimate of drug-likeness (QED) is 0.518. The molecule has 3 aromatic carbocycles. The molecule has 0 aliphatic heterocycles. The van der Waals surface area contributed by atoms with E-state index in [1.165, 1.54) is 15.4 Å². The third kappa shape index (κ3) is 3.37. The Morgan fingerprint density at radius 2 is 1.14 bits per heavy atom. The maximum absolute atomic E-state index is 6.04. The van der Waals surface area contributed by atoms with Gasteiger partial charge < -0.3 is 0 Å². The first-order valence-corrected chi connectivity index (χ1v) is 9.19. The first kappa shape index (κ1) is 15.2. The van der Waals surface area contributed by atoms with Gasteiger partial charge in [-0.25, -0.2) is 0 Å². The van der Waals surface area contributed by atoms with Crippen molar-refractivity contribution < 1.29 is 0 Å². The SMILES string of the molecule is CC(c1ccc(Cl)cc1)[SH](c1ccccc1)c1ccccc1. The van der Waals surface area contributed by atoms with E-state index in [4.69, 9.17) is 11.6 Å². The molecule has 3 rings (SSSR count). The number of hydrogen-bond acceptors (Lipinski definition) is 0. The number of benzene rings is 3. The van der Waals surface area contributed by atoms with Gasteiger partial charge in [-0.15, -0.1) is 0 Å². The van der Waals surface area contributed by atoms with Crippen LogP contribution in [0.3, 0.4) is 0 Å². The van der Waals surface area contributed by atoms with Crippen LogP contribution in [0.2, 0.25) is 5.02 Å². The van der Waals surface area contributed by atoms with E-state index in [0.29, 0.717) is 5.25 Å². The van der Waals surface area contributed by atoms with Crippen LogP contribution in [0.25, 0.3) is 0 Å². The predicted octanol–water partition coefficient (Wildman–Crippen LogP) is 6.52. The summed E-state index contributed by atoms with van der Waals surface area (Å²) in [6.07, 6.45) is 0. The minimum atomic E-state index is -0.441. The van der Waals surface area contributed by atoms with Crippen LogP contribution in [0.4, 0.5) is 0 Å². The third-order valence-corrected chi connectivity index (χ3v) is 6.84. The summed E-state index contributed by atoms with van der Waals surface area (Å²) in [6.45, 7) is 2.31. The van der Waals surface area contributed by atoms with Gasteiger partial charge in [0.2, 0.25) is 0 Å². The van der Waals surface area contributed by atoms with Crippen molar-refractivity contribution in [3.05, 3.63) is 95.5 Å². The molecule has 0 bridgehead atoms. The molecule has 0 saturated carbocycles. The molecule has 0 spiro atoms. The van der Waals surface area contributed by atoms with E-state index >= 15 is 0 Å². The molecule has 112 valence electrons. The van der Waals surface area contributed by atoms with E-state index in [2.05, 4.69) is 79.7 Å². The first-order chi connectivity index (χ1) is 10.8. The molecule has 0 saturated heterocycles. The Morgan fingerprint density at radius 1 is 0.682 bits per heavy atom. The standard InChI is InChI=1S/C20H19ClS/c1-16(17-12-14-18(21)15-13-17)22(19-8-4-2-5-9-19)20-10-6-3-7-11-20/h2-16,22H,1H3. The molecule has 0 heterocycles. The summed E-state index contributed by atoms with van der Waals surface area (Å²) >= 11 is 6.04. The van der Waals surface area contributed by atoms with Crippen molar-refractivity contribution in [3.8, 4) is 0 Å². The second-order valence-electron chi connectivity index (χ2n) is 5.27. The Bertz CT molecular complexity index is 668. The summed E-state index contributed by atoms with van der Waals surface area (Å²) in [7, 11) is -0.441. The predicted molar refractivity (Wildman–Crippen MR) is 98.3 cm³/mol. The van der Waals surface area contributed by atoms with Gasteiger partial charge in [0.1, 0.15) is 0 Å². The van der Waals surface area contributed by atoms with Gasteiger partial charge in [-0.3, -0.25) is 0 Å². The Balaban J connectivity index is 2.04. The van der Waals surface area contributed by atoms with E-state index < -0.39 is 10.9 Å². The zero-order valence-corrected chi connectivity index (χ0v) is 14.1. The summed E-state index contributed by atoms with van der Waals surface area (Å²) < 4.78 is 0. The molecule has 0 N–H and O–H groups in total. The smallest absolute Gasteiger partial charge is 0.0406 e. The number of thiol groups is 1. The van der Waals surface area contributed by atoms with E-state index in [0.717, 1.165) is 5.02 Å². The highest BCUT2D eigenvalue weighted by molar-refractivity contribution is 8.17. The molecule has 1 atom stereocenters. The minimum absolute atomic E-state index is 0.441. The maximum atomic E-state index is 6.04. The van der Waals surface area contributed by atoms with Crippen molar-refractivity contribution in [1.82, 2.24) is 0 Å². The Kier molecular flexibility index (Phi) is 4.87. The molecule has 22 heavy (non-hydrogen) atoms. The van der Waals surface area contributed by atoms with Gasteiger partial charge in [0.05, 0.1) is 0 Å². The van der Waals surface area contributed by atoms with Crippen molar-refractivity contribution in [2.45, 2.75) is 22.0 Å². The van der Waals surface area contributed by atoms with E-state index in [-0.39, 0.29) is 0 Å². The summed E-state index contributed by atoms with van der Waals surface area (Å²) in [5.41, 5.74) is 1.34. The van der Waals surface area contributed by atoms with Crippen molar-refractivity contribution in [2.24, 2.45) is 0 Å². The van der Waals surface area contributed by atoms with Crippen molar-refractivity contribution >= 4 is 22.5 Å². The van der Waals surface area contributed by atoms with Crippen LogP contribution in [0.1, 0.15) is 17.7 Å². The van der Waals surface area contributed by atoms with Gasteiger partial charge in [0, 0.05) is 10.3 Å². The zero-order chi connectivity index (χ0) is 15.4. The van der Waals surface area contributed by atoms with Crippen LogP contribution in [-0.2, 0) is 0 Å². The van der Waals surface area contributed by atoms with Crippen LogP contribution in [0.15, 0.2) is 94.7 Å². The topological polar surface area (TPSA) is 0 Å². The molecule has 0 radical (unpaired) electrons. The molecule has 0 aliphatic rings. The third-order valence-electron chi connectivity index (χ3n) is 3.81. The molecule has 0 aliphatic carbocycles. The van der Waals surface area contributed by atoms with Gasteiger partial charge in [-0.1, -0.05) is 67.1 Å². The van der Waals surface area contributed by atoms with Gasteiger partial charge in [0.25, 0.3) is 0 Å². The monoisotopic (exact) mass is 326 g/mol. The second-order valence-corrected chi connectivity index (χ2v) is 8.25. The van der Waals surface area contributed by atoms with E-state index in [1.54, 1.807) is 0 Å². The van der Waals surface area contributed by atoms with Crippen LogP contribution in [-0.4, -0.2) is 0 Å². The minimum Gasteiger partial charge on any atom is -0.193 e. The molecule has 1 unspecified atom stereocenters. The number of hydrogen-bond donors (Lipinski definition) is 1. The second kappa shape index (κ2) is 7.04. The Morgan fingerprint density at radius 3 is 1.59 bits per heavy atom. The molecule has 0 fully saturated rings. The lowest BCUT2D eigenvalue weighted by molar-refractivity contribution is 1.07. The largest absolute Gasteiger partial charge is 0.193 e. The fourth-order valence-corrected chi connectivity index (χ4v) is 5.44.